The predicted molar refractivity (Wildman–Crippen MR) is 156 cm³/mol. The Morgan fingerprint density at radius 3 is 2.23 bits per heavy atom. The predicted octanol–water partition coefficient (Wildman–Crippen LogP) is 6.21. The van der Waals surface area contributed by atoms with E-state index in [9.17, 15) is 23.4 Å². The third-order valence-corrected chi connectivity index (χ3v) is 8.34. The molecule has 204 valence electrons. The van der Waals surface area contributed by atoms with Crippen LogP contribution in [0.1, 0.15) is 34.5 Å². The Kier molecular flexibility index (Phi) is 10.3. The molecule has 0 spiro atoms. The zero-order valence-electron chi connectivity index (χ0n) is 21.1. The Morgan fingerprint density at radius 1 is 0.897 bits per heavy atom. The molecule has 0 saturated carbocycles. The van der Waals surface area contributed by atoms with E-state index in [0.29, 0.717) is 23.6 Å². The van der Waals surface area contributed by atoms with Crippen LogP contribution in [0.3, 0.4) is 0 Å². The fourth-order valence-electron chi connectivity index (χ4n) is 4.24. The van der Waals surface area contributed by atoms with Gasteiger partial charge >= 0.3 is 5.97 Å². The first-order valence-electron chi connectivity index (χ1n) is 12.1. The Labute approximate surface area is 239 Å². The summed E-state index contributed by atoms with van der Waals surface area (Å²) in [7, 11) is -4.05. The summed E-state index contributed by atoms with van der Waals surface area (Å²) < 4.78 is 26.7. The minimum Gasteiger partial charge on any atom is -0.478 e. The first-order valence-corrected chi connectivity index (χ1v) is 13.9. The fourth-order valence-corrected chi connectivity index (χ4v) is 5.87. The monoisotopic (exact) mass is 585 g/mol. The van der Waals surface area contributed by atoms with Crippen molar-refractivity contribution in [3.05, 3.63) is 119 Å². The van der Waals surface area contributed by atoms with E-state index in [4.69, 9.17) is 11.6 Å². The van der Waals surface area contributed by atoms with E-state index < -0.39 is 21.9 Å². The summed E-state index contributed by atoms with van der Waals surface area (Å²) in [5, 5.41) is 24.0. The average Bonchev–Trinajstić information content (AvgIpc) is 2.92. The number of benzene rings is 4. The van der Waals surface area contributed by atoms with Crippen molar-refractivity contribution < 1.29 is 23.4 Å². The molecule has 0 aliphatic heterocycles. The van der Waals surface area contributed by atoms with Gasteiger partial charge in [-0.25, -0.2) is 13.2 Å². The molecule has 0 unspecified atom stereocenters. The molecular formula is C30H29Cl2NO5S. The van der Waals surface area contributed by atoms with Crippen molar-refractivity contribution in [2.45, 2.75) is 35.3 Å². The number of sulfone groups is 1. The third-order valence-electron chi connectivity index (χ3n) is 6.28. The minimum absolute atomic E-state index is 0. The van der Waals surface area contributed by atoms with Gasteiger partial charge in [0.2, 0.25) is 9.84 Å². The number of nitrogens with one attached hydrogen (secondary N) is 1. The number of carboxylic acid groups (broad SMARTS) is 1. The van der Waals surface area contributed by atoms with E-state index in [0.717, 1.165) is 16.7 Å². The van der Waals surface area contributed by atoms with E-state index in [1.165, 1.54) is 24.3 Å². The fraction of sp³-hybridized carbons (Fsp3) is 0.167. The van der Waals surface area contributed by atoms with Gasteiger partial charge in [0.1, 0.15) is 0 Å². The van der Waals surface area contributed by atoms with E-state index >= 15 is 0 Å². The number of rotatable bonds is 10. The van der Waals surface area contributed by atoms with Gasteiger partial charge in [0.05, 0.1) is 21.5 Å². The molecule has 0 fully saturated rings. The Balaban J connectivity index is 0.00000420. The number of aromatic carboxylic acids is 1. The van der Waals surface area contributed by atoms with Crippen LogP contribution in [0, 0.1) is 0 Å². The lowest BCUT2D eigenvalue weighted by molar-refractivity contribution is 0.0692. The van der Waals surface area contributed by atoms with Gasteiger partial charge in [-0.15, -0.1) is 12.4 Å². The van der Waals surface area contributed by atoms with Crippen molar-refractivity contribution in [2.75, 3.05) is 6.54 Å². The summed E-state index contributed by atoms with van der Waals surface area (Å²) in [4.78, 5) is 11.8. The van der Waals surface area contributed by atoms with Crippen LogP contribution in [-0.4, -0.2) is 37.2 Å². The summed E-state index contributed by atoms with van der Waals surface area (Å²) >= 11 is 6.00. The van der Waals surface area contributed by atoms with Crippen LogP contribution in [-0.2, 0) is 16.3 Å². The van der Waals surface area contributed by atoms with Crippen LogP contribution in [0.2, 0.25) is 5.02 Å². The van der Waals surface area contributed by atoms with Crippen molar-refractivity contribution in [1.29, 1.82) is 0 Å². The molecule has 0 aliphatic rings. The molecule has 0 heterocycles. The number of halogens is 2. The van der Waals surface area contributed by atoms with Gasteiger partial charge in [-0.2, -0.15) is 0 Å². The molecule has 4 rings (SSSR count). The van der Waals surface area contributed by atoms with Gasteiger partial charge in [0.25, 0.3) is 0 Å². The lowest BCUT2D eigenvalue weighted by Gasteiger charge is -2.18. The van der Waals surface area contributed by atoms with Gasteiger partial charge in [-0.3, -0.25) is 0 Å². The zero-order chi connectivity index (χ0) is 27.3. The van der Waals surface area contributed by atoms with E-state index in [-0.39, 0.29) is 33.8 Å². The summed E-state index contributed by atoms with van der Waals surface area (Å²) in [5.41, 5.74) is 2.78. The second-order valence-corrected chi connectivity index (χ2v) is 11.5. The van der Waals surface area contributed by atoms with E-state index in [2.05, 4.69) is 5.32 Å². The molecule has 0 bridgehead atoms. The molecule has 4 aromatic carbocycles. The highest BCUT2D eigenvalue weighted by molar-refractivity contribution is 7.91. The summed E-state index contributed by atoms with van der Waals surface area (Å²) in [6.07, 6.45) is -0.102. The molecule has 3 N–H and O–H groups in total. The highest BCUT2D eigenvalue weighted by Crippen LogP contribution is 2.29. The normalized spacial score (nSPS) is 12.8. The van der Waals surface area contributed by atoms with Crippen LogP contribution >= 0.6 is 24.0 Å². The van der Waals surface area contributed by atoms with Crippen molar-refractivity contribution >= 4 is 39.8 Å². The van der Waals surface area contributed by atoms with Crippen molar-refractivity contribution in [3.8, 4) is 11.1 Å². The number of aliphatic hydroxyl groups is 1. The van der Waals surface area contributed by atoms with Gasteiger partial charge < -0.3 is 15.5 Å². The lowest BCUT2D eigenvalue weighted by atomic mass is 10.0. The van der Waals surface area contributed by atoms with Gasteiger partial charge in [-0.1, -0.05) is 72.3 Å². The lowest BCUT2D eigenvalue weighted by Crippen LogP contribution is -2.32. The van der Waals surface area contributed by atoms with Gasteiger partial charge in [-0.05, 0) is 72.0 Å². The molecule has 0 aliphatic carbocycles. The summed E-state index contributed by atoms with van der Waals surface area (Å²) in [6, 6.07) is 27.1. The van der Waals surface area contributed by atoms with Crippen molar-refractivity contribution in [2.24, 2.45) is 0 Å². The number of carboxylic acids is 1. The highest BCUT2D eigenvalue weighted by Gasteiger charge is 2.25. The number of hydrogen-bond acceptors (Lipinski definition) is 5. The zero-order valence-corrected chi connectivity index (χ0v) is 23.5. The smallest absolute Gasteiger partial charge is 0.337 e. The van der Waals surface area contributed by atoms with E-state index in [1.54, 1.807) is 36.4 Å². The topological polar surface area (TPSA) is 104 Å². The number of hydrogen-bond donors (Lipinski definition) is 3. The maximum Gasteiger partial charge on any atom is 0.337 e. The second kappa shape index (κ2) is 13.2. The average molecular weight is 587 g/mol. The first-order chi connectivity index (χ1) is 18.1. The second-order valence-electron chi connectivity index (χ2n) is 9.11. The van der Waals surface area contributed by atoms with Gasteiger partial charge in [0.15, 0.2) is 0 Å². The van der Waals surface area contributed by atoms with Crippen LogP contribution < -0.4 is 5.32 Å². The summed E-state index contributed by atoms with van der Waals surface area (Å²) in [5.74, 6) is -1.31. The standard InChI is InChI=1S/C30H28ClNO5S.ClH/c1-20(32-19-28(33)24-8-5-9-25(31)17-24)16-21-10-13-26(14-11-21)38(36,37)29-15-12-23(18-27(29)30(34)35)22-6-3-2-4-7-22;/h2-15,17-18,20,28,32-33H,16,19H2,1H3,(H,34,35);1H/t20-,28+;/m1./s1. The van der Waals surface area contributed by atoms with E-state index in [1.807, 2.05) is 43.3 Å². The molecule has 9 heteroatoms. The molecule has 39 heavy (non-hydrogen) atoms. The number of aliphatic hydroxyl groups excluding tert-OH is 1. The number of carbonyl (C=O) groups is 1. The quantitative estimate of drug-likeness (QED) is 0.204. The van der Waals surface area contributed by atoms with Crippen molar-refractivity contribution in [3.63, 3.8) is 0 Å². The maximum absolute atomic E-state index is 13.4. The Bertz CT molecular complexity index is 1530. The molecule has 6 nitrogen and oxygen atoms in total. The SMILES string of the molecule is C[C@H](Cc1ccc(S(=O)(=O)c2ccc(-c3ccccc3)cc2C(=O)O)cc1)NC[C@H](O)c1cccc(Cl)c1.Cl. The molecule has 0 saturated heterocycles. The molecule has 0 amide bonds. The van der Waals surface area contributed by atoms with Crippen LogP contribution in [0.4, 0.5) is 0 Å². The van der Waals surface area contributed by atoms with Crippen LogP contribution in [0.15, 0.2) is 107 Å². The van der Waals surface area contributed by atoms with Crippen molar-refractivity contribution in [1.82, 2.24) is 5.32 Å². The molecule has 4 aromatic rings. The Hall–Kier alpha value is -3.20. The molecule has 0 aromatic heterocycles. The largest absolute Gasteiger partial charge is 0.478 e. The summed E-state index contributed by atoms with van der Waals surface area (Å²) in [6.45, 7) is 2.31. The van der Waals surface area contributed by atoms with Gasteiger partial charge in [0, 0.05) is 17.6 Å². The molecule has 0 radical (unpaired) electrons. The maximum atomic E-state index is 13.4. The Morgan fingerprint density at radius 2 is 1.59 bits per heavy atom. The van der Waals surface area contributed by atoms with Crippen LogP contribution in [0.5, 0.6) is 0 Å². The minimum atomic E-state index is -4.05. The molecule has 2 atom stereocenters. The van der Waals surface area contributed by atoms with Crippen LogP contribution in [0.25, 0.3) is 11.1 Å². The third kappa shape index (κ3) is 7.47. The highest BCUT2D eigenvalue weighted by atomic mass is 35.5. The molecular weight excluding hydrogens is 557 g/mol. The first kappa shape index (κ1) is 30.3.